The molecule has 20 heavy (non-hydrogen) atoms. The Labute approximate surface area is 124 Å². The Morgan fingerprint density at radius 1 is 1.10 bits per heavy atom. The lowest BCUT2D eigenvalue weighted by atomic mass is 9.97. The lowest BCUT2D eigenvalue weighted by Gasteiger charge is -2.13. The number of anilines is 1. The molecule has 0 spiro atoms. The predicted molar refractivity (Wildman–Crippen MR) is 86.3 cm³/mol. The minimum atomic E-state index is 0.0582. The fourth-order valence-corrected chi connectivity index (χ4v) is 2.68. The number of carbonyl (C=O) groups excluding carboxylic acids is 1. The molecule has 0 radical (unpaired) electrons. The van der Waals surface area contributed by atoms with Gasteiger partial charge in [0, 0.05) is 11.3 Å². The molecule has 0 saturated heterocycles. The van der Waals surface area contributed by atoms with E-state index in [4.69, 9.17) is 0 Å². The zero-order valence-corrected chi connectivity index (χ0v) is 12.6. The first kappa shape index (κ1) is 14.7. The van der Waals surface area contributed by atoms with Gasteiger partial charge in [0.15, 0.2) is 0 Å². The van der Waals surface area contributed by atoms with Crippen molar-refractivity contribution in [2.45, 2.75) is 24.2 Å². The number of hydrogen-bond donors (Lipinski definition) is 1. The van der Waals surface area contributed by atoms with E-state index in [0.29, 0.717) is 6.42 Å². The number of benzene rings is 2. The van der Waals surface area contributed by atoms with E-state index in [2.05, 4.69) is 24.4 Å². The Morgan fingerprint density at radius 2 is 1.75 bits per heavy atom. The van der Waals surface area contributed by atoms with Crippen LogP contribution in [0, 0.1) is 0 Å². The van der Waals surface area contributed by atoms with E-state index in [1.807, 2.05) is 48.7 Å². The highest BCUT2D eigenvalue weighted by Gasteiger charge is 2.12. The number of rotatable bonds is 5. The first-order valence-corrected chi connectivity index (χ1v) is 7.91. The van der Waals surface area contributed by atoms with Crippen LogP contribution in [0.3, 0.4) is 0 Å². The second-order valence-electron chi connectivity index (χ2n) is 4.76. The molecule has 1 unspecified atom stereocenters. The molecule has 2 aromatic rings. The summed E-state index contributed by atoms with van der Waals surface area (Å²) in [5.41, 5.74) is 2.09. The molecule has 2 aromatic carbocycles. The second kappa shape index (κ2) is 7.15. The molecule has 1 N–H and O–H groups in total. The quantitative estimate of drug-likeness (QED) is 0.817. The Balaban J connectivity index is 1.99. The Kier molecular flexibility index (Phi) is 5.24. The lowest BCUT2D eigenvalue weighted by Crippen LogP contribution is -2.14. The van der Waals surface area contributed by atoms with E-state index in [1.54, 1.807) is 11.8 Å². The number of amides is 1. The summed E-state index contributed by atoms with van der Waals surface area (Å²) in [6, 6.07) is 18.0. The largest absolute Gasteiger partial charge is 0.325 e. The van der Waals surface area contributed by atoms with Gasteiger partial charge in [0.2, 0.25) is 5.91 Å². The number of nitrogens with one attached hydrogen (secondary N) is 1. The highest BCUT2D eigenvalue weighted by Crippen LogP contribution is 2.26. The Morgan fingerprint density at radius 3 is 2.45 bits per heavy atom. The van der Waals surface area contributed by atoms with Gasteiger partial charge in [-0.25, -0.2) is 0 Å². The van der Waals surface area contributed by atoms with E-state index in [-0.39, 0.29) is 11.8 Å². The van der Waals surface area contributed by atoms with E-state index >= 15 is 0 Å². The average molecular weight is 285 g/mol. The summed E-state index contributed by atoms with van der Waals surface area (Å²) in [5.74, 6) is 0.278. The molecule has 2 nitrogen and oxygen atoms in total. The van der Waals surface area contributed by atoms with Crippen LogP contribution in [0.2, 0.25) is 0 Å². The van der Waals surface area contributed by atoms with Gasteiger partial charge < -0.3 is 5.32 Å². The van der Waals surface area contributed by atoms with Crippen molar-refractivity contribution < 1.29 is 4.79 Å². The monoisotopic (exact) mass is 285 g/mol. The van der Waals surface area contributed by atoms with Gasteiger partial charge in [-0.1, -0.05) is 49.4 Å². The molecule has 0 heterocycles. The van der Waals surface area contributed by atoms with Gasteiger partial charge in [-0.2, -0.15) is 0 Å². The standard InChI is InChI=1S/C17H19NOS/c1-13(14-8-4-3-5-9-14)12-17(19)18-15-10-6-7-11-16(15)20-2/h3-11,13H,12H2,1-2H3,(H,18,19). The summed E-state index contributed by atoms with van der Waals surface area (Å²) in [7, 11) is 0. The van der Waals surface area contributed by atoms with Gasteiger partial charge in [-0.3, -0.25) is 4.79 Å². The minimum absolute atomic E-state index is 0.0582. The van der Waals surface area contributed by atoms with Gasteiger partial charge in [0.25, 0.3) is 0 Å². The Hall–Kier alpha value is -1.74. The molecule has 0 aliphatic carbocycles. The van der Waals surface area contributed by atoms with Crippen molar-refractivity contribution in [1.82, 2.24) is 0 Å². The van der Waals surface area contributed by atoms with Gasteiger partial charge in [-0.15, -0.1) is 11.8 Å². The van der Waals surface area contributed by atoms with Crippen LogP contribution in [0.4, 0.5) is 5.69 Å². The van der Waals surface area contributed by atoms with Crippen molar-refractivity contribution in [3.63, 3.8) is 0 Å². The van der Waals surface area contributed by atoms with Crippen molar-refractivity contribution in [1.29, 1.82) is 0 Å². The van der Waals surface area contributed by atoms with E-state index in [1.165, 1.54) is 5.56 Å². The van der Waals surface area contributed by atoms with Crippen LogP contribution in [0.15, 0.2) is 59.5 Å². The van der Waals surface area contributed by atoms with Gasteiger partial charge >= 0.3 is 0 Å². The van der Waals surface area contributed by atoms with E-state index < -0.39 is 0 Å². The van der Waals surface area contributed by atoms with Crippen molar-refractivity contribution in [2.24, 2.45) is 0 Å². The molecule has 104 valence electrons. The third-order valence-corrected chi connectivity index (χ3v) is 4.04. The average Bonchev–Trinajstić information content (AvgIpc) is 2.48. The fourth-order valence-electron chi connectivity index (χ4n) is 2.13. The van der Waals surface area contributed by atoms with E-state index in [9.17, 15) is 4.79 Å². The molecule has 0 fully saturated rings. The van der Waals surface area contributed by atoms with Crippen LogP contribution in [-0.2, 0) is 4.79 Å². The molecule has 0 bridgehead atoms. The highest BCUT2D eigenvalue weighted by molar-refractivity contribution is 7.98. The van der Waals surface area contributed by atoms with Crippen LogP contribution >= 0.6 is 11.8 Å². The first-order chi connectivity index (χ1) is 9.70. The van der Waals surface area contributed by atoms with Crippen molar-refractivity contribution >= 4 is 23.4 Å². The summed E-state index contributed by atoms with van der Waals surface area (Å²) in [4.78, 5) is 13.2. The van der Waals surface area contributed by atoms with Crippen LogP contribution in [0.1, 0.15) is 24.8 Å². The van der Waals surface area contributed by atoms with Crippen LogP contribution in [0.5, 0.6) is 0 Å². The molecule has 0 saturated carbocycles. The molecule has 2 rings (SSSR count). The summed E-state index contributed by atoms with van der Waals surface area (Å²) in [6.45, 7) is 2.08. The fraction of sp³-hybridized carbons (Fsp3) is 0.235. The zero-order chi connectivity index (χ0) is 14.4. The SMILES string of the molecule is CSc1ccccc1NC(=O)CC(C)c1ccccc1. The molecule has 1 atom stereocenters. The summed E-state index contributed by atoms with van der Waals surface area (Å²) in [5, 5.41) is 3.00. The van der Waals surface area contributed by atoms with Crippen LogP contribution in [0.25, 0.3) is 0 Å². The molecule has 0 aliphatic rings. The maximum Gasteiger partial charge on any atom is 0.225 e. The molecule has 3 heteroatoms. The number of hydrogen-bond acceptors (Lipinski definition) is 2. The molecular weight excluding hydrogens is 266 g/mol. The summed E-state index contributed by atoms with van der Waals surface area (Å²) < 4.78 is 0. The zero-order valence-electron chi connectivity index (χ0n) is 11.8. The van der Waals surface area contributed by atoms with Crippen molar-refractivity contribution in [2.75, 3.05) is 11.6 Å². The highest BCUT2D eigenvalue weighted by atomic mass is 32.2. The maximum absolute atomic E-state index is 12.1. The minimum Gasteiger partial charge on any atom is -0.325 e. The molecular formula is C17H19NOS. The molecule has 1 amide bonds. The van der Waals surface area contributed by atoms with Gasteiger partial charge in [0.05, 0.1) is 5.69 Å². The van der Waals surface area contributed by atoms with Gasteiger partial charge in [0.1, 0.15) is 0 Å². The summed E-state index contributed by atoms with van der Waals surface area (Å²) in [6.07, 6.45) is 2.50. The first-order valence-electron chi connectivity index (χ1n) is 6.68. The number of thioether (sulfide) groups is 1. The Bertz CT molecular complexity index is 568. The van der Waals surface area contributed by atoms with Crippen LogP contribution < -0.4 is 5.32 Å². The topological polar surface area (TPSA) is 29.1 Å². The normalized spacial score (nSPS) is 11.9. The number of carbonyl (C=O) groups is 1. The second-order valence-corrected chi connectivity index (χ2v) is 5.61. The summed E-state index contributed by atoms with van der Waals surface area (Å²) >= 11 is 1.64. The van der Waals surface area contributed by atoms with Crippen LogP contribution in [-0.4, -0.2) is 12.2 Å². The molecule has 0 aliphatic heterocycles. The third kappa shape index (κ3) is 3.87. The lowest BCUT2D eigenvalue weighted by molar-refractivity contribution is -0.116. The smallest absolute Gasteiger partial charge is 0.225 e. The van der Waals surface area contributed by atoms with Crippen molar-refractivity contribution in [3.05, 3.63) is 60.2 Å². The van der Waals surface area contributed by atoms with Gasteiger partial charge in [-0.05, 0) is 29.9 Å². The van der Waals surface area contributed by atoms with E-state index in [0.717, 1.165) is 10.6 Å². The predicted octanol–water partition coefficient (Wildman–Crippen LogP) is 4.54. The maximum atomic E-state index is 12.1. The third-order valence-electron chi connectivity index (χ3n) is 3.24. The number of para-hydroxylation sites is 1. The molecule has 0 aromatic heterocycles. The van der Waals surface area contributed by atoms with Crippen molar-refractivity contribution in [3.8, 4) is 0 Å².